The number of hydrogen-bond acceptors (Lipinski definition) is 6. The van der Waals surface area contributed by atoms with Crippen molar-refractivity contribution in [3.63, 3.8) is 0 Å². The molecule has 0 aromatic heterocycles. The molecule has 0 bridgehead atoms. The number of rotatable bonds is 5. The van der Waals surface area contributed by atoms with Gasteiger partial charge in [-0.2, -0.15) is 0 Å². The summed E-state index contributed by atoms with van der Waals surface area (Å²) in [4.78, 5) is 25.3. The van der Waals surface area contributed by atoms with E-state index in [0.717, 1.165) is 0 Å². The lowest BCUT2D eigenvalue weighted by Crippen LogP contribution is -2.36. The van der Waals surface area contributed by atoms with Crippen LogP contribution in [0.15, 0.2) is 0 Å². The first-order valence-electron chi connectivity index (χ1n) is 3.86. The Morgan fingerprint density at radius 2 is 2.00 bits per heavy atom. The fourth-order valence-electron chi connectivity index (χ4n) is 0.642. The van der Waals surface area contributed by atoms with Crippen molar-refractivity contribution in [3.05, 3.63) is 0 Å². The van der Waals surface area contributed by atoms with Crippen LogP contribution in [0, 0.1) is 0 Å². The molecule has 0 saturated heterocycles. The Bertz CT molecular complexity index is 183. The Balaban J connectivity index is 3.79. The fraction of sp³-hybridized carbons (Fsp3) is 0.714. The highest BCUT2D eigenvalue weighted by atomic mass is 16.7. The van der Waals surface area contributed by atoms with Gasteiger partial charge in [0.1, 0.15) is 0 Å². The van der Waals surface area contributed by atoms with Gasteiger partial charge >= 0.3 is 11.9 Å². The number of esters is 1. The third-order valence-corrected chi connectivity index (χ3v) is 1.07. The molecule has 0 rings (SSSR count). The van der Waals surface area contributed by atoms with Crippen LogP contribution in [0.3, 0.4) is 0 Å². The summed E-state index contributed by atoms with van der Waals surface area (Å²) >= 11 is 0. The largest absolute Gasteiger partial charge is 0.444 e. The molecule has 1 unspecified atom stereocenters. The monoisotopic (exact) mass is 190 g/mol. The van der Waals surface area contributed by atoms with E-state index >= 15 is 0 Å². The first kappa shape index (κ1) is 11.9. The molecule has 0 aromatic rings. The van der Waals surface area contributed by atoms with Crippen molar-refractivity contribution in [3.8, 4) is 0 Å². The lowest BCUT2D eigenvalue weighted by molar-refractivity contribution is -0.170. The second-order valence-corrected chi connectivity index (χ2v) is 2.39. The highest BCUT2D eigenvalue weighted by molar-refractivity contribution is 5.66. The molecule has 13 heavy (non-hydrogen) atoms. The van der Waals surface area contributed by atoms with E-state index < -0.39 is 18.2 Å². The fourth-order valence-corrected chi connectivity index (χ4v) is 0.642. The maximum absolute atomic E-state index is 10.5. The summed E-state index contributed by atoms with van der Waals surface area (Å²) in [5.41, 5.74) is 7.52. The standard InChI is InChI=1S/C7H14N2O4/c1-5(10)12-7(3-4-8)9-13-6(2)11/h7,9H,3-4,8H2,1-2H3. The van der Waals surface area contributed by atoms with Gasteiger partial charge < -0.3 is 15.3 Å². The maximum Gasteiger partial charge on any atom is 0.321 e. The van der Waals surface area contributed by atoms with Gasteiger partial charge in [0.2, 0.25) is 0 Å². The predicted molar refractivity (Wildman–Crippen MR) is 44.1 cm³/mol. The van der Waals surface area contributed by atoms with Crippen molar-refractivity contribution < 1.29 is 19.2 Å². The molecule has 0 fully saturated rings. The molecular formula is C7H14N2O4. The van der Waals surface area contributed by atoms with Crippen LogP contribution in [0.4, 0.5) is 0 Å². The minimum absolute atomic E-state index is 0.326. The summed E-state index contributed by atoms with van der Waals surface area (Å²) in [6, 6.07) is 0. The second kappa shape index (κ2) is 6.38. The van der Waals surface area contributed by atoms with Crippen molar-refractivity contribution in [2.24, 2.45) is 5.73 Å². The quantitative estimate of drug-likeness (QED) is 0.338. The summed E-state index contributed by atoms with van der Waals surface area (Å²) in [5.74, 6) is -0.965. The Kier molecular flexibility index (Phi) is 5.82. The van der Waals surface area contributed by atoms with Crippen LogP contribution in [-0.4, -0.2) is 24.7 Å². The molecule has 0 aliphatic rings. The van der Waals surface area contributed by atoms with E-state index in [2.05, 4.69) is 10.3 Å². The van der Waals surface area contributed by atoms with Gasteiger partial charge in [0, 0.05) is 20.3 Å². The minimum Gasteiger partial charge on any atom is -0.444 e. The lowest BCUT2D eigenvalue weighted by atomic mass is 10.4. The SMILES string of the molecule is CC(=O)ONC(CCN)OC(C)=O. The van der Waals surface area contributed by atoms with Crippen LogP contribution in [0.5, 0.6) is 0 Å². The molecule has 0 aliphatic heterocycles. The molecular weight excluding hydrogens is 176 g/mol. The highest BCUT2D eigenvalue weighted by Gasteiger charge is 2.11. The topological polar surface area (TPSA) is 90.7 Å². The molecule has 0 aromatic carbocycles. The molecule has 0 spiro atoms. The third-order valence-electron chi connectivity index (χ3n) is 1.07. The third kappa shape index (κ3) is 7.23. The molecule has 1 atom stereocenters. The summed E-state index contributed by atoms with van der Waals surface area (Å²) in [6.07, 6.45) is -0.293. The predicted octanol–water partition coefficient (Wildman–Crippen LogP) is -0.708. The first-order chi connectivity index (χ1) is 6.06. The van der Waals surface area contributed by atoms with Gasteiger partial charge in [-0.05, 0) is 6.54 Å². The van der Waals surface area contributed by atoms with Crippen LogP contribution >= 0.6 is 0 Å². The van der Waals surface area contributed by atoms with E-state index in [0.29, 0.717) is 13.0 Å². The van der Waals surface area contributed by atoms with Crippen LogP contribution in [0.1, 0.15) is 20.3 Å². The van der Waals surface area contributed by atoms with Crippen LogP contribution in [0.25, 0.3) is 0 Å². The van der Waals surface area contributed by atoms with Gasteiger partial charge in [-0.1, -0.05) is 0 Å². The van der Waals surface area contributed by atoms with Gasteiger partial charge in [-0.25, -0.2) is 0 Å². The van der Waals surface area contributed by atoms with Gasteiger partial charge in [0.05, 0.1) is 0 Å². The molecule has 76 valence electrons. The van der Waals surface area contributed by atoms with Crippen molar-refractivity contribution in [1.29, 1.82) is 0 Å². The van der Waals surface area contributed by atoms with Crippen molar-refractivity contribution in [2.45, 2.75) is 26.5 Å². The number of nitrogens with two attached hydrogens (primary N) is 1. The smallest absolute Gasteiger partial charge is 0.321 e. The summed E-state index contributed by atoms with van der Waals surface area (Å²) in [6.45, 7) is 2.82. The van der Waals surface area contributed by atoms with Crippen molar-refractivity contribution in [1.82, 2.24) is 5.48 Å². The zero-order chi connectivity index (χ0) is 10.3. The zero-order valence-corrected chi connectivity index (χ0v) is 7.70. The Hall–Kier alpha value is -1.14. The van der Waals surface area contributed by atoms with Gasteiger partial charge in [0.25, 0.3) is 0 Å². The first-order valence-corrected chi connectivity index (χ1v) is 3.86. The lowest BCUT2D eigenvalue weighted by Gasteiger charge is -2.16. The van der Waals surface area contributed by atoms with E-state index in [-0.39, 0.29) is 0 Å². The number of hydrogen-bond donors (Lipinski definition) is 2. The summed E-state index contributed by atoms with van der Waals surface area (Å²) < 4.78 is 4.73. The molecule has 0 radical (unpaired) electrons. The molecule has 0 heterocycles. The van der Waals surface area contributed by atoms with Gasteiger partial charge in [-0.3, -0.25) is 9.59 Å². The van der Waals surface area contributed by atoms with E-state index in [1.807, 2.05) is 0 Å². The minimum atomic E-state index is -0.675. The van der Waals surface area contributed by atoms with Crippen molar-refractivity contribution >= 4 is 11.9 Å². The summed E-state index contributed by atoms with van der Waals surface area (Å²) in [5, 5.41) is 0. The highest BCUT2D eigenvalue weighted by Crippen LogP contribution is 1.93. The number of carbonyl (C=O) groups is 2. The van der Waals surface area contributed by atoms with Crippen LogP contribution in [-0.2, 0) is 19.2 Å². The Labute approximate surface area is 76.3 Å². The molecule has 0 aliphatic carbocycles. The normalized spacial score (nSPS) is 11.9. The zero-order valence-electron chi connectivity index (χ0n) is 7.70. The van der Waals surface area contributed by atoms with E-state index in [4.69, 9.17) is 10.5 Å². The molecule has 3 N–H and O–H groups in total. The number of ether oxygens (including phenoxy) is 1. The summed E-state index contributed by atoms with van der Waals surface area (Å²) in [7, 11) is 0. The molecule has 6 nitrogen and oxygen atoms in total. The molecule has 6 heteroatoms. The van der Waals surface area contributed by atoms with E-state index in [1.54, 1.807) is 0 Å². The van der Waals surface area contributed by atoms with Crippen LogP contribution in [0.2, 0.25) is 0 Å². The van der Waals surface area contributed by atoms with Gasteiger partial charge in [0.15, 0.2) is 6.23 Å². The average molecular weight is 190 g/mol. The molecule has 0 saturated carbocycles. The number of carbonyl (C=O) groups excluding carboxylic acids is 2. The van der Waals surface area contributed by atoms with E-state index in [9.17, 15) is 9.59 Å². The maximum atomic E-state index is 10.5. The van der Waals surface area contributed by atoms with E-state index in [1.165, 1.54) is 13.8 Å². The number of nitrogens with one attached hydrogen (secondary N) is 1. The Morgan fingerprint density at radius 1 is 1.38 bits per heavy atom. The van der Waals surface area contributed by atoms with Crippen molar-refractivity contribution in [2.75, 3.05) is 6.54 Å². The van der Waals surface area contributed by atoms with Gasteiger partial charge in [-0.15, -0.1) is 5.48 Å². The Morgan fingerprint density at radius 3 is 2.38 bits per heavy atom. The second-order valence-electron chi connectivity index (χ2n) is 2.39. The molecule has 0 amide bonds. The number of hydroxylamine groups is 1. The average Bonchev–Trinajstić information content (AvgIpc) is 1.99. The van der Waals surface area contributed by atoms with Crippen LogP contribution < -0.4 is 11.2 Å².